The molecule has 0 radical (unpaired) electrons. The second kappa shape index (κ2) is 9.72. The van der Waals surface area contributed by atoms with Gasteiger partial charge in [0.2, 0.25) is 0 Å². The molecule has 28 heavy (non-hydrogen) atoms. The summed E-state index contributed by atoms with van der Waals surface area (Å²) >= 11 is 0.0297. The van der Waals surface area contributed by atoms with Crippen LogP contribution in [0.25, 0.3) is 0 Å². The van der Waals surface area contributed by atoms with Gasteiger partial charge in [-0.3, -0.25) is 0 Å². The molecule has 0 N–H and O–H groups in total. The van der Waals surface area contributed by atoms with Gasteiger partial charge in [-0.25, -0.2) is 0 Å². The van der Waals surface area contributed by atoms with E-state index in [1.54, 1.807) is 0 Å². The first kappa shape index (κ1) is 23.4. The first-order valence-corrected chi connectivity index (χ1v) is 11.6. The van der Waals surface area contributed by atoms with Gasteiger partial charge in [-0.15, -0.1) is 0 Å². The van der Waals surface area contributed by atoms with E-state index in [0.29, 0.717) is 3.80 Å². The molecule has 0 bridgehead atoms. The van der Waals surface area contributed by atoms with Crippen molar-refractivity contribution in [3.05, 3.63) is 60.2 Å². The third-order valence-corrected chi connectivity index (χ3v) is 8.40. The minimum atomic E-state index is -5.71. The van der Waals surface area contributed by atoms with Crippen molar-refractivity contribution in [3.8, 4) is 0 Å². The van der Waals surface area contributed by atoms with E-state index < -0.39 is 51.2 Å². The van der Waals surface area contributed by atoms with Crippen LogP contribution < -0.4 is 3.61 Å². The van der Waals surface area contributed by atoms with Crippen molar-refractivity contribution < 1.29 is 35.8 Å². The second-order valence-electron chi connectivity index (χ2n) is 5.44. The molecule has 154 valence electrons. The Labute approximate surface area is 172 Å². The molecule has 0 aliphatic carbocycles. The average molecular weight is 538 g/mol. The van der Waals surface area contributed by atoms with Crippen molar-refractivity contribution in [1.82, 2.24) is 0 Å². The van der Waals surface area contributed by atoms with Crippen LogP contribution in [0.1, 0.15) is 5.56 Å². The first-order chi connectivity index (χ1) is 13.1. The monoisotopic (exact) mass is 540 g/mol. The van der Waals surface area contributed by atoms with Gasteiger partial charge in [0.05, 0.1) is 0 Å². The number of benzene rings is 2. The van der Waals surface area contributed by atoms with Gasteiger partial charge in [0.15, 0.2) is 0 Å². The summed E-state index contributed by atoms with van der Waals surface area (Å²) in [4.78, 5) is 0.902. The molecule has 0 aliphatic rings. The Morgan fingerprint density at radius 3 is 2.00 bits per heavy atom. The van der Waals surface area contributed by atoms with Crippen molar-refractivity contribution in [3.63, 3.8) is 0 Å². The number of methoxy groups -OCH3 is 1. The number of hydrogen-bond acceptors (Lipinski definition) is 3. The van der Waals surface area contributed by atoms with E-state index in [1.807, 2.05) is 30.3 Å². The fourth-order valence-corrected chi connectivity index (χ4v) is 7.39. The molecule has 0 aliphatic heterocycles. The summed E-state index contributed by atoms with van der Waals surface area (Å²) in [5.74, 6) is 0. The van der Waals surface area contributed by atoms with Crippen LogP contribution in [0.4, 0.5) is 26.3 Å². The molecule has 2 nitrogen and oxygen atoms in total. The summed E-state index contributed by atoms with van der Waals surface area (Å²) in [6.07, 6.45) is -11.4. The van der Waals surface area contributed by atoms with Gasteiger partial charge in [0.25, 0.3) is 0 Å². The summed E-state index contributed by atoms with van der Waals surface area (Å²) in [6, 6.07) is 13.9. The van der Waals surface area contributed by atoms with Gasteiger partial charge in [0, 0.05) is 0 Å². The van der Waals surface area contributed by atoms with Crippen LogP contribution in [0, 0.1) is 0 Å². The van der Waals surface area contributed by atoms with Gasteiger partial charge in [-0.2, -0.15) is 0 Å². The summed E-state index contributed by atoms with van der Waals surface area (Å²) in [7, 11) is 0.966. The summed E-state index contributed by atoms with van der Waals surface area (Å²) < 4.78 is 91.7. The van der Waals surface area contributed by atoms with Crippen LogP contribution >= 0.6 is 11.8 Å². The van der Waals surface area contributed by atoms with Crippen LogP contribution in [0.5, 0.6) is 0 Å². The Bertz CT molecular complexity index is 738. The van der Waals surface area contributed by atoms with Gasteiger partial charge in [0.1, 0.15) is 0 Å². The van der Waals surface area contributed by atoms with Crippen molar-refractivity contribution in [2.75, 3.05) is 17.7 Å². The molecule has 0 amide bonds. The predicted octanol–water partition coefficient (Wildman–Crippen LogP) is 4.71. The third-order valence-electron chi connectivity index (χ3n) is 3.64. The van der Waals surface area contributed by atoms with E-state index in [4.69, 9.17) is 0 Å². The van der Waals surface area contributed by atoms with Crippen LogP contribution in [0.3, 0.4) is 0 Å². The second-order valence-corrected chi connectivity index (χ2v) is 10.5. The van der Waals surface area contributed by atoms with Crippen molar-refractivity contribution in [1.29, 1.82) is 0 Å². The molecule has 0 saturated heterocycles. The van der Waals surface area contributed by atoms with E-state index in [9.17, 15) is 26.3 Å². The molecule has 0 atom stereocenters. The zero-order valence-electron chi connectivity index (χ0n) is 14.5. The van der Waals surface area contributed by atoms with Gasteiger partial charge < -0.3 is 0 Å². The molecule has 2 rings (SSSR count). The summed E-state index contributed by atoms with van der Waals surface area (Å²) in [5, 5.41) is 0. The van der Waals surface area contributed by atoms with Crippen LogP contribution in [0.2, 0.25) is 0 Å². The minimum absolute atomic E-state index is 0.0436. The predicted molar refractivity (Wildman–Crippen MR) is 95.7 cm³/mol. The Morgan fingerprint density at radius 2 is 1.43 bits per heavy atom. The van der Waals surface area contributed by atoms with Gasteiger partial charge in [-0.05, 0) is 0 Å². The number of ether oxygens (including phenoxy) is 2. The number of hydrogen-bond donors (Lipinski definition) is 0. The number of rotatable bonds is 8. The zero-order valence-corrected chi connectivity index (χ0v) is 17.7. The number of halogens is 6. The first-order valence-electron chi connectivity index (χ1n) is 7.80. The van der Waals surface area contributed by atoms with E-state index in [0.717, 1.165) is 24.1 Å². The van der Waals surface area contributed by atoms with Crippen LogP contribution in [-0.2, 0) is 15.1 Å². The van der Waals surface area contributed by atoms with Crippen molar-refractivity contribution in [2.24, 2.45) is 0 Å². The molecule has 0 heterocycles. The maximum atomic E-state index is 13.8. The van der Waals surface area contributed by atoms with Crippen LogP contribution in [0.15, 0.2) is 59.5 Å². The van der Waals surface area contributed by atoms with Gasteiger partial charge >= 0.3 is 173 Å². The Kier molecular flexibility index (Phi) is 8.11. The molecular weight excluding hydrogens is 522 g/mol. The molecule has 0 spiro atoms. The standard InChI is InChI=1S/C18H16F6O2STe/c1-25-11-26-16(17(19,20)21,18(22,23)24)14-9-5-6-10-15(14)28-12-27-13-7-3-2-4-8-13/h2-10H,11-12H2,1H3. The number of alkyl halides is 6. The molecular formula is C18H16F6O2STe. The van der Waals surface area contributed by atoms with E-state index >= 15 is 0 Å². The van der Waals surface area contributed by atoms with Crippen molar-refractivity contribution >= 4 is 36.3 Å². The third kappa shape index (κ3) is 5.16. The average Bonchev–Trinajstić information content (AvgIpc) is 2.62. The van der Waals surface area contributed by atoms with Gasteiger partial charge in [-0.1, -0.05) is 0 Å². The molecule has 0 fully saturated rings. The molecule has 2 aromatic rings. The Hall–Kier alpha value is -0.920. The quantitative estimate of drug-likeness (QED) is 0.210. The maximum absolute atomic E-state index is 13.8. The topological polar surface area (TPSA) is 18.5 Å². The Morgan fingerprint density at radius 1 is 0.857 bits per heavy atom. The summed E-state index contributed by atoms with van der Waals surface area (Å²) in [6.45, 7) is -1.15. The fraction of sp³-hybridized carbons (Fsp3) is 0.333. The fourth-order valence-electron chi connectivity index (χ4n) is 2.42. The summed E-state index contributed by atoms with van der Waals surface area (Å²) in [5.41, 5.74) is -5.35. The molecule has 0 saturated carbocycles. The van der Waals surface area contributed by atoms with E-state index in [2.05, 4.69) is 9.47 Å². The van der Waals surface area contributed by atoms with E-state index in [1.165, 1.54) is 23.9 Å². The SMILES string of the molecule is COCOC(c1ccccc1[Te]CSc1ccccc1)(C(F)(F)F)C(F)(F)F. The molecule has 2 aromatic carbocycles. The molecule has 0 unspecified atom stereocenters. The zero-order chi connectivity index (χ0) is 20.8. The van der Waals surface area contributed by atoms with Crippen molar-refractivity contribution in [2.45, 2.75) is 22.8 Å². The molecule has 10 heteroatoms. The van der Waals surface area contributed by atoms with Crippen LogP contribution in [-0.4, -0.2) is 51.0 Å². The number of thioether (sulfide) groups is 1. The molecule has 0 aromatic heterocycles. The Balaban J connectivity index is 2.41. The van der Waals surface area contributed by atoms with E-state index in [-0.39, 0.29) is 3.61 Å². The normalized spacial score (nSPS) is 13.0.